The summed E-state index contributed by atoms with van der Waals surface area (Å²) in [5.74, 6) is -0.421. The summed E-state index contributed by atoms with van der Waals surface area (Å²) in [6, 6.07) is 0. The van der Waals surface area contributed by atoms with Gasteiger partial charge < -0.3 is 52.1 Å². The minimum absolute atomic E-state index is 0.135. The first-order chi connectivity index (χ1) is 25.2. The van der Waals surface area contributed by atoms with Crippen LogP contribution < -0.4 is 0 Å². The number of unbranched alkanes of at least 4 members (excludes halogenated alkanes) is 12. The van der Waals surface area contributed by atoms with E-state index in [9.17, 15) is 9.59 Å². The van der Waals surface area contributed by atoms with Crippen molar-refractivity contribution in [3.8, 4) is 0 Å². The van der Waals surface area contributed by atoms with Crippen LogP contribution in [0.15, 0.2) is 0 Å². The molecule has 0 aromatic rings. The van der Waals surface area contributed by atoms with Crippen LogP contribution in [0.4, 0.5) is 0 Å². The molecule has 0 aliphatic rings. The lowest BCUT2D eigenvalue weighted by molar-refractivity contribution is -0.145. The molecule has 0 aliphatic heterocycles. The molecule has 0 aliphatic carbocycles. The summed E-state index contributed by atoms with van der Waals surface area (Å²) in [7, 11) is 1.35. The van der Waals surface area contributed by atoms with E-state index >= 15 is 0 Å². The molecule has 0 spiro atoms. The summed E-state index contributed by atoms with van der Waals surface area (Å²) in [5.41, 5.74) is 0. The number of esters is 2. The zero-order chi connectivity index (χ0) is 37.0. The van der Waals surface area contributed by atoms with Gasteiger partial charge in [0.05, 0.1) is 132 Å². The Balaban J connectivity index is 3.13. The van der Waals surface area contributed by atoms with Gasteiger partial charge in [0.2, 0.25) is 0 Å². The van der Waals surface area contributed by atoms with E-state index in [0.29, 0.717) is 125 Å². The lowest BCUT2D eigenvalue weighted by Gasteiger charge is -2.09. The normalized spacial score (nSPS) is 11.3. The molecule has 13 nitrogen and oxygen atoms in total. The van der Waals surface area contributed by atoms with Crippen molar-refractivity contribution in [2.75, 3.05) is 133 Å². The van der Waals surface area contributed by atoms with Crippen molar-refractivity contribution in [3.05, 3.63) is 0 Å². The van der Waals surface area contributed by atoms with E-state index in [0.717, 1.165) is 12.8 Å². The van der Waals surface area contributed by atoms with Crippen molar-refractivity contribution in [3.63, 3.8) is 0 Å². The molecule has 0 radical (unpaired) electrons. The average molecular weight is 739 g/mol. The highest BCUT2D eigenvalue weighted by molar-refractivity contribution is 5.69. The van der Waals surface area contributed by atoms with Gasteiger partial charge in [-0.3, -0.25) is 9.59 Å². The minimum atomic E-state index is -0.286. The van der Waals surface area contributed by atoms with Crippen molar-refractivity contribution >= 4 is 11.9 Å². The molecule has 0 fully saturated rings. The second-order valence-electron chi connectivity index (χ2n) is 12.1. The predicted octanol–water partition coefficient (Wildman–Crippen LogP) is 5.72. The quantitative estimate of drug-likeness (QED) is 0.0557. The molecule has 0 N–H and O–H groups in total. The molecule has 51 heavy (non-hydrogen) atoms. The van der Waals surface area contributed by atoms with Crippen LogP contribution in [0.5, 0.6) is 0 Å². The smallest absolute Gasteiger partial charge is 0.307 e. The highest BCUT2D eigenvalue weighted by Crippen LogP contribution is 2.13. The zero-order valence-electron chi connectivity index (χ0n) is 32.3. The van der Waals surface area contributed by atoms with Crippen LogP contribution in [-0.2, 0) is 61.7 Å². The van der Waals surface area contributed by atoms with Gasteiger partial charge in [0.15, 0.2) is 0 Å². The first kappa shape index (κ1) is 49.6. The first-order valence-electron chi connectivity index (χ1n) is 19.6. The molecule has 0 atom stereocenters. The Hall–Kier alpha value is -1.42. The molecular weight excluding hydrogens is 664 g/mol. The Morgan fingerprint density at radius 1 is 0.314 bits per heavy atom. The molecule has 0 heterocycles. The summed E-state index contributed by atoms with van der Waals surface area (Å²) in [4.78, 5) is 22.8. The van der Waals surface area contributed by atoms with Gasteiger partial charge in [-0.15, -0.1) is 0 Å². The molecule has 0 aromatic carbocycles. The van der Waals surface area contributed by atoms with Crippen molar-refractivity contribution in [2.45, 2.75) is 103 Å². The second kappa shape index (κ2) is 44.7. The van der Waals surface area contributed by atoms with Crippen LogP contribution in [0.3, 0.4) is 0 Å². The molecular formula is C38H74O13. The number of carbonyl (C=O) groups is 2. The van der Waals surface area contributed by atoms with E-state index in [1.54, 1.807) is 0 Å². The number of hydrogen-bond donors (Lipinski definition) is 0. The van der Waals surface area contributed by atoms with Gasteiger partial charge in [0.25, 0.3) is 0 Å². The Bertz CT molecular complexity index is 699. The minimum Gasteiger partial charge on any atom is -0.469 e. The first-order valence-corrected chi connectivity index (χ1v) is 19.6. The van der Waals surface area contributed by atoms with E-state index < -0.39 is 0 Å². The van der Waals surface area contributed by atoms with Gasteiger partial charge in [-0.2, -0.15) is 0 Å². The largest absolute Gasteiger partial charge is 0.469 e. The second-order valence-corrected chi connectivity index (χ2v) is 12.1. The molecule has 0 unspecified atom stereocenters. The van der Waals surface area contributed by atoms with Gasteiger partial charge in [-0.05, 0) is 6.42 Å². The molecule has 0 saturated heterocycles. The highest BCUT2D eigenvalue weighted by atomic mass is 16.6. The highest BCUT2D eigenvalue weighted by Gasteiger charge is 2.03. The van der Waals surface area contributed by atoms with Crippen LogP contribution >= 0.6 is 0 Å². The maximum atomic E-state index is 11.9. The summed E-state index contributed by atoms with van der Waals surface area (Å²) in [6.07, 6.45) is 17.5. The number of rotatable bonds is 44. The average Bonchev–Trinajstić information content (AvgIpc) is 3.14. The SMILES string of the molecule is CCCCCCCCCCCCCCCC(=O)OCCOCCOCCOCCOCCOCCOCCOCCOCCOCCC(=O)OC. The summed E-state index contributed by atoms with van der Waals surface area (Å²) >= 11 is 0. The van der Waals surface area contributed by atoms with Crippen LogP contribution in [0.1, 0.15) is 103 Å². The number of hydrogen-bond acceptors (Lipinski definition) is 13. The third-order valence-electron chi connectivity index (χ3n) is 7.63. The fourth-order valence-electron chi connectivity index (χ4n) is 4.69. The maximum Gasteiger partial charge on any atom is 0.307 e. The third kappa shape index (κ3) is 44.7. The molecule has 0 saturated carbocycles. The molecule has 0 bridgehead atoms. The molecule has 13 heteroatoms. The lowest BCUT2D eigenvalue weighted by atomic mass is 10.0. The van der Waals surface area contributed by atoms with Crippen molar-refractivity contribution in [2.24, 2.45) is 0 Å². The van der Waals surface area contributed by atoms with E-state index in [4.69, 9.17) is 47.4 Å². The van der Waals surface area contributed by atoms with Gasteiger partial charge in [-0.25, -0.2) is 0 Å². The van der Waals surface area contributed by atoms with Crippen LogP contribution in [0.25, 0.3) is 0 Å². The zero-order valence-corrected chi connectivity index (χ0v) is 32.3. The third-order valence-corrected chi connectivity index (χ3v) is 7.63. The number of methoxy groups -OCH3 is 1. The molecule has 304 valence electrons. The van der Waals surface area contributed by atoms with Gasteiger partial charge in [0.1, 0.15) is 6.61 Å². The fourth-order valence-corrected chi connectivity index (χ4v) is 4.69. The van der Waals surface area contributed by atoms with E-state index in [-0.39, 0.29) is 25.0 Å². The Kier molecular flexibility index (Phi) is 43.5. The molecule has 0 aromatic heterocycles. The summed E-state index contributed by atoms with van der Waals surface area (Å²) in [6.45, 7) is 10.9. The molecule has 0 amide bonds. The monoisotopic (exact) mass is 739 g/mol. The fraction of sp³-hybridized carbons (Fsp3) is 0.947. The molecule has 0 rings (SSSR count). The summed E-state index contributed by atoms with van der Waals surface area (Å²) < 4.78 is 58.7. The summed E-state index contributed by atoms with van der Waals surface area (Å²) in [5, 5.41) is 0. The Morgan fingerprint density at radius 3 is 0.902 bits per heavy atom. The van der Waals surface area contributed by atoms with Crippen molar-refractivity contribution < 1.29 is 61.7 Å². The van der Waals surface area contributed by atoms with Crippen molar-refractivity contribution in [1.29, 1.82) is 0 Å². The van der Waals surface area contributed by atoms with E-state index in [1.165, 1.54) is 77.7 Å². The topological polar surface area (TPSA) is 136 Å². The van der Waals surface area contributed by atoms with Crippen molar-refractivity contribution in [1.82, 2.24) is 0 Å². The Morgan fingerprint density at radius 2 is 0.588 bits per heavy atom. The Labute approximate surface area is 309 Å². The lowest BCUT2D eigenvalue weighted by Crippen LogP contribution is -2.15. The standard InChI is InChI=1S/C38H74O13/c1-3-4-5-6-7-8-9-10-11-12-13-14-15-16-38(40)51-36-35-50-34-33-49-32-31-48-30-29-47-28-27-46-26-25-45-24-23-44-22-21-43-20-19-42-18-17-37(39)41-2/h3-36H2,1-2H3. The number of ether oxygens (including phenoxy) is 11. The van der Waals surface area contributed by atoms with Crippen LogP contribution in [0.2, 0.25) is 0 Å². The predicted molar refractivity (Wildman–Crippen MR) is 195 cm³/mol. The van der Waals surface area contributed by atoms with Gasteiger partial charge >= 0.3 is 11.9 Å². The van der Waals surface area contributed by atoms with Crippen LogP contribution in [0, 0.1) is 0 Å². The number of carbonyl (C=O) groups excluding carboxylic acids is 2. The van der Waals surface area contributed by atoms with Crippen LogP contribution in [-0.4, -0.2) is 145 Å². The van der Waals surface area contributed by atoms with Gasteiger partial charge in [0, 0.05) is 6.42 Å². The van der Waals surface area contributed by atoms with Gasteiger partial charge in [-0.1, -0.05) is 84.0 Å². The van der Waals surface area contributed by atoms with E-state index in [1.807, 2.05) is 0 Å². The maximum absolute atomic E-state index is 11.9. The van der Waals surface area contributed by atoms with E-state index in [2.05, 4.69) is 11.7 Å².